The summed E-state index contributed by atoms with van der Waals surface area (Å²) in [5.41, 5.74) is 4.36. The summed E-state index contributed by atoms with van der Waals surface area (Å²) >= 11 is 0. The van der Waals surface area contributed by atoms with Gasteiger partial charge in [0.05, 0.1) is 30.0 Å². The van der Waals surface area contributed by atoms with Crippen LogP contribution in [0.2, 0.25) is 0 Å². The van der Waals surface area contributed by atoms with Crippen molar-refractivity contribution in [1.82, 2.24) is 16.0 Å². The van der Waals surface area contributed by atoms with E-state index in [0.717, 1.165) is 97.5 Å². The third-order valence-electron chi connectivity index (χ3n) is 21.3. The van der Waals surface area contributed by atoms with Crippen LogP contribution in [-0.4, -0.2) is 127 Å². The molecule has 4 fully saturated rings. The van der Waals surface area contributed by atoms with Crippen molar-refractivity contribution in [3.63, 3.8) is 0 Å². The molecule has 23 nitrogen and oxygen atoms in total. The van der Waals surface area contributed by atoms with Gasteiger partial charge in [0.2, 0.25) is 0 Å². The summed E-state index contributed by atoms with van der Waals surface area (Å²) in [6, 6.07) is 38.9. The van der Waals surface area contributed by atoms with Gasteiger partial charge in [-0.25, -0.2) is 14.4 Å². The lowest BCUT2D eigenvalue weighted by Crippen LogP contribution is -2.41. The van der Waals surface area contributed by atoms with Crippen molar-refractivity contribution in [3.05, 3.63) is 214 Å². The first-order valence-electron chi connectivity index (χ1n) is 42.9. The van der Waals surface area contributed by atoms with Crippen molar-refractivity contribution >= 4 is 52.7 Å². The number of alkyl halides is 17. The van der Waals surface area contributed by atoms with Crippen molar-refractivity contribution < 1.29 is 161 Å². The van der Waals surface area contributed by atoms with Crippen molar-refractivity contribution in [2.45, 2.75) is 238 Å². The maximum absolute atomic E-state index is 13.0. The van der Waals surface area contributed by atoms with Gasteiger partial charge < -0.3 is 79.1 Å². The zero-order valence-electron chi connectivity index (χ0n) is 73.7. The highest BCUT2D eigenvalue weighted by Gasteiger charge is 2.39. The van der Waals surface area contributed by atoms with Gasteiger partial charge in [-0.1, -0.05) is 55.5 Å². The predicted molar refractivity (Wildman–Crippen MR) is 458 cm³/mol. The molecule has 6 N–H and O–H groups in total. The molecule has 8 aromatic rings. The molecule has 12 rings (SSSR count). The fourth-order valence-corrected chi connectivity index (χ4v) is 15.5. The number of carbonyl (C=O) groups is 7. The molecular formula is C95H100F17N5O18. The molecule has 4 aliphatic carbocycles. The van der Waals surface area contributed by atoms with E-state index in [9.17, 15) is 113 Å². The summed E-state index contributed by atoms with van der Waals surface area (Å²) in [5, 5.41) is 23.5. The highest BCUT2D eigenvalue weighted by molar-refractivity contribution is 5.98. The standard InChI is InChI=1S/C25H33N3O3.C24H22F6O5.C23H22F6O4.C23H23F5N2O6/c1-4-14-26-24(29)23-16-22(11-8-18(23)3)31-21-12-9-19(10-13-21)27-25(30)28-20-7-5-6-17(2)15-20;1-14(31)21-13-20(35-24(28,29)30)7-8-22(21)33-18-6-5-16(11-18)10-17(32)9-15-3-2-4-19(12-15)34-23(25,26)27;1-14-9-18(7-8-21(14)33-23(27,28)29)31-19-6-5-16(12-19)11-17(30)10-15-3-2-4-20(13-15)32-22(24,25)26;1-22(24,25)35-16-4-2-3-14(11-16)30-21(33)29-13-5-7-15(8-6-13)34-19-10-9-17(36-23(26,27)28)12-18(19)20(31)32/h5-8,11,15-16,19,21H,4,9-10,12-14H2,1-3H3,(H,26,29)(H2,27,28,30);2-4,7-8,12-13,16,18H,5-6,9-11H2,1H3;2-4,7-9,13,16,19H,5-6,10-12H2,1H3;2-4,9-13,15H,5-8H2,1H3,(H,31,32)(H2,29,30,33). The molecule has 0 spiro atoms. The number of Topliss-reactive ketones (excluding diaryl/α,β-unsaturated/α-hetero) is 3. The van der Waals surface area contributed by atoms with E-state index in [0.29, 0.717) is 93.7 Å². The molecule has 0 heterocycles. The number of anilines is 2. The number of hydrogen-bond acceptors (Lipinski definition) is 17. The second-order valence-corrected chi connectivity index (χ2v) is 32.7. The SMILES string of the molecule is CC(=O)c1cc(OC(F)(F)F)ccc1OC1CCC(CC(=O)Cc2cccc(OC(F)(F)F)c2)C1.CC(F)(F)Oc1cccc(NC(=O)NC2CCC(Oc3ccc(OC(F)(F)F)cc3C(=O)O)CC2)c1.CCCNC(=O)c1cc(OC2CCC(NC(=O)Nc3cccc(C)c3)CC2)ccc1C.Cc1cc(OC2CCC(CC(=O)Cc3cccc(OC(F)(F)F)c3)C2)ccc1OC(F)(F)F. The second-order valence-electron chi connectivity index (χ2n) is 32.7. The first-order valence-corrected chi connectivity index (χ1v) is 42.9. The quantitative estimate of drug-likeness (QED) is 0.0169. The average molecular weight is 1920 g/mol. The van der Waals surface area contributed by atoms with Crippen LogP contribution in [0.1, 0.15) is 189 Å². The monoisotopic (exact) mass is 1920 g/mol. The van der Waals surface area contributed by atoms with Crippen molar-refractivity contribution in [1.29, 1.82) is 0 Å². The van der Waals surface area contributed by atoms with Gasteiger partial charge in [0.1, 0.15) is 74.6 Å². The number of aryl methyl sites for hydroxylation is 3. The number of rotatable bonds is 32. The first-order chi connectivity index (χ1) is 63.3. The molecule has 4 atom stereocenters. The minimum absolute atomic E-state index is 0.00303. The Hall–Kier alpha value is -12.9. The Morgan fingerprint density at radius 3 is 1.22 bits per heavy atom. The molecule has 4 unspecified atom stereocenters. The van der Waals surface area contributed by atoms with Gasteiger partial charge in [-0.2, -0.15) is 8.78 Å². The summed E-state index contributed by atoms with van der Waals surface area (Å²) in [4.78, 5) is 85.2. The lowest BCUT2D eigenvalue weighted by atomic mass is 9.93. The Morgan fingerprint density at radius 2 is 0.763 bits per heavy atom. The van der Waals surface area contributed by atoms with E-state index in [1.807, 2.05) is 63.2 Å². The zero-order chi connectivity index (χ0) is 98.8. The Balaban J connectivity index is 0.000000202. The van der Waals surface area contributed by atoms with Crippen LogP contribution in [0.25, 0.3) is 0 Å². The number of ether oxygens (including phenoxy) is 10. The number of ketones is 3. The molecule has 8 aromatic carbocycles. The number of urea groups is 2. The highest BCUT2D eigenvalue weighted by Crippen LogP contribution is 2.40. The fourth-order valence-electron chi connectivity index (χ4n) is 15.5. The minimum Gasteiger partial charge on any atom is -0.490 e. The smallest absolute Gasteiger partial charge is 0.490 e. The van der Waals surface area contributed by atoms with Gasteiger partial charge in [-0.05, 0) is 279 Å². The largest absolute Gasteiger partial charge is 0.573 e. The average Bonchev–Trinajstić information content (AvgIpc) is 1.81. The maximum atomic E-state index is 13.0. The third-order valence-corrected chi connectivity index (χ3v) is 21.3. The van der Waals surface area contributed by atoms with Gasteiger partial charge in [0, 0.05) is 74.2 Å². The highest BCUT2D eigenvalue weighted by atomic mass is 19.4. The number of carboxylic acids is 1. The molecule has 40 heteroatoms. The Morgan fingerprint density at radius 1 is 0.378 bits per heavy atom. The molecule has 0 aromatic heterocycles. The molecule has 4 saturated carbocycles. The number of hydrogen-bond donors (Lipinski definition) is 6. The lowest BCUT2D eigenvalue weighted by Gasteiger charge is -2.30. The van der Waals surface area contributed by atoms with E-state index in [-0.39, 0.29) is 137 Å². The van der Waals surface area contributed by atoms with Gasteiger partial charge >= 0.3 is 56.0 Å². The summed E-state index contributed by atoms with van der Waals surface area (Å²) in [7, 11) is 0. The van der Waals surface area contributed by atoms with Crippen LogP contribution in [0, 0.1) is 32.6 Å². The van der Waals surface area contributed by atoms with Crippen LogP contribution in [-0.2, 0) is 22.4 Å². The number of carbonyl (C=O) groups excluding carboxylic acids is 6. The Labute approximate surface area is 765 Å². The van der Waals surface area contributed by atoms with Crippen LogP contribution < -0.4 is 74.0 Å². The molecule has 4 aliphatic rings. The van der Waals surface area contributed by atoms with E-state index < -0.39 is 84.6 Å². The predicted octanol–water partition coefficient (Wildman–Crippen LogP) is 23.7. The molecule has 5 amide bonds. The third kappa shape index (κ3) is 38.5. The lowest BCUT2D eigenvalue weighted by molar-refractivity contribution is -0.275. The summed E-state index contributed by atoms with van der Waals surface area (Å²) in [5.74, 6) is -3.46. The van der Waals surface area contributed by atoms with E-state index in [1.165, 1.54) is 98.8 Å². The van der Waals surface area contributed by atoms with E-state index in [4.69, 9.17) is 18.9 Å². The molecule has 0 saturated heterocycles. The number of amides is 5. The van der Waals surface area contributed by atoms with Crippen LogP contribution in [0.4, 0.5) is 95.6 Å². The summed E-state index contributed by atoms with van der Waals surface area (Å²) < 4.78 is 259. The maximum Gasteiger partial charge on any atom is 0.573 e. The first kappa shape index (κ1) is 106. The van der Waals surface area contributed by atoms with Crippen LogP contribution in [0.15, 0.2) is 170 Å². The molecule has 0 aliphatic heterocycles. The van der Waals surface area contributed by atoms with Gasteiger partial charge in [-0.15, -0.1) is 65.9 Å². The van der Waals surface area contributed by atoms with Crippen LogP contribution in [0.5, 0.6) is 57.5 Å². The van der Waals surface area contributed by atoms with Gasteiger partial charge in [0.25, 0.3) is 5.91 Å². The van der Waals surface area contributed by atoms with E-state index in [2.05, 4.69) is 55.0 Å². The molecule has 135 heavy (non-hydrogen) atoms. The van der Waals surface area contributed by atoms with E-state index >= 15 is 0 Å². The zero-order valence-corrected chi connectivity index (χ0v) is 73.7. The molecule has 0 radical (unpaired) electrons. The Bertz CT molecular complexity index is 5320. The van der Waals surface area contributed by atoms with E-state index in [1.54, 1.807) is 6.07 Å². The number of benzene rings is 8. The van der Waals surface area contributed by atoms with Gasteiger partial charge in [0.15, 0.2) is 5.78 Å². The fraction of sp³-hybridized carbons (Fsp3) is 0.421. The number of nitrogens with one attached hydrogen (secondary N) is 5. The molecule has 732 valence electrons. The Kier molecular flexibility index (Phi) is 37.4. The number of aromatic carboxylic acids is 1. The van der Waals surface area contributed by atoms with Crippen LogP contribution >= 0.6 is 0 Å². The topological polar surface area (TPSA) is 292 Å². The number of carboxylic acid groups (broad SMARTS) is 1. The van der Waals surface area contributed by atoms with Crippen molar-refractivity contribution in [2.24, 2.45) is 11.8 Å². The molecule has 0 bridgehead atoms. The minimum atomic E-state index is -4.96. The normalized spacial score (nSPS) is 18.3. The van der Waals surface area contributed by atoms with Gasteiger partial charge in [-0.3, -0.25) is 19.2 Å². The summed E-state index contributed by atoms with van der Waals surface area (Å²) in [6.45, 7) is 9.91. The second kappa shape index (κ2) is 47.8. The number of halogens is 17. The van der Waals surface area contributed by atoms with Crippen LogP contribution in [0.3, 0.4) is 0 Å². The van der Waals surface area contributed by atoms with Crippen molar-refractivity contribution in [3.8, 4) is 57.5 Å². The summed E-state index contributed by atoms with van der Waals surface area (Å²) in [6.07, 6.45) is -18.1. The van der Waals surface area contributed by atoms with Crippen molar-refractivity contribution in [2.75, 3.05) is 17.2 Å². The molecular weight excluding hydrogens is 1820 g/mol.